The SMILES string of the molecule is C[NH+](C)CC(=O)NCCO.[Cl-]. The molecule has 0 saturated heterocycles. The minimum absolute atomic E-state index is 0. The zero-order chi connectivity index (χ0) is 7.98. The molecule has 0 aromatic carbocycles. The van der Waals surface area contributed by atoms with E-state index in [0.29, 0.717) is 13.1 Å². The van der Waals surface area contributed by atoms with Crippen LogP contribution < -0.4 is 22.6 Å². The molecule has 0 aliphatic rings. The number of amides is 1. The average molecular weight is 183 g/mol. The molecule has 4 nitrogen and oxygen atoms in total. The highest BCUT2D eigenvalue weighted by Gasteiger charge is 2.02. The van der Waals surface area contributed by atoms with Gasteiger partial charge in [-0.15, -0.1) is 0 Å². The van der Waals surface area contributed by atoms with Crippen molar-refractivity contribution in [3.63, 3.8) is 0 Å². The highest BCUT2D eigenvalue weighted by Crippen LogP contribution is 1.57. The topological polar surface area (TPSA) is 53.8 Å². The van der Waals surface area contributed by atoms with E-state index in [0.717, 1.165) is 4.90 Å². The number of aliphatic hydroxyl groups excluding tert-OH is 1. The fourth-order valence-electron chi connectivity index (χ4n) is 0.579. The average Bonchev–Trinajstić information content (AvgIpc) is 1.82. The van der Waals surface area contributed by atoms with Crippen molar-refractivity contribution in [2.75, 3.05) is 33.8 Å². The van der Waals surface area contributed by atoms with Gasteiger partial charge in [-0.3, -0.25) is 4.79 Å². The van der Waals surface area contributed by atoms with Crippen molar-refractivity contribution in [1.29, 1.82) is 0 Å². The quantitative estimate of drug-likeness (QED) is 0.406. The van der Waals surface area contributed by atoms with Gasteiger partial charge in [0.05, 0.1) is 20.7 Å². The van der Waals surface area contributed by atoms with Crippen LogP contribution in [0, 0.1) is 0 Å². The van der Waals surface area contributed by atoms with E-state index in [1.54, 1.807) is 0 Å². The third-order valence-corrected chi connectivity index (χ3v) is 0.948. The Morgan fingerprint density at radius 1 is 1.55 bits per heavy atom. The highest BCUT2D eigenvalue weighted by atomic mass is 35.5. The largest absolute Gasteiger partial charge is 1.00 e. The maximum absolute atomic E-state index is 10.8. The lowest BCUT2D eigenvalue weighted by Gasteiger charge is -2.06. The maximum Gasteiger partial charge on any atom is 0.275 e. The van der Waals surface area contributed by atoms with Crippen LogP contribution in [0.25, 0.3) is 0 Å². The Hall–Kier alpha value is -0.320. The van der Waals surface area contributed by atoms with E-state index in [-0.39, 0.29) is 24.9 Å². The molecule has 0 atom stereocenters. The number of likely N-dealkylation sites (N-methyl/N-ethyl adjacent to an activating group) is 1. The van der Waals surface area contributed by atoms with E-state index < -0.39 is 0 Å². The van der Waals surface area contributed by atoms with Crippen LogP contribution >= 0.6 is 0 Å². The maximum atomic E-state index is 10.8. The molecule has 0 aliphatic carbocycles. The van der Waals surface area contributed by atoms with Crippen molar-refractivity contribution in [2.24, 2.45) is 0 Å². The van der Waals surface area contributed by atoms with E-state index in [1.165, 1.54) is 0 Å². The summed E-state index contributed by atoms with van der Waals surface area (Å²) in [5.41, 5.74) is 0. The summed E-state index contributed by atoms with van der Waals surface area (Å²) in [5.74, 6) is -0.0194. The number of carbonyl (C=O) groups is 1. The summed E-state index contributed by atoms with van der Waals surface area (Å²) in [6.45, 7) is 0.820. The molecule has 0 saturated carbocycles. The first-order chi connectivity index (χ1) is 4.66. The monoisotopic (exact) mass is 182 g/mol. The number of carbonyl (C=O) groups excluding carboxylic acids is 1. The van der Waals surface area contributed by atoms with Gasteiger partial charge in [-0.1, -0.05) is 0 Å². The molecule has 5 heteroatoms. The van der Waals surface area contributed by atoms with Gasteiger partial charge >= 0.3 is 0 Å². The third kappa shape index (κ3) is 9.68. The Balaban J connectivity index is 0. The molecule has 68 valence electrons. The second-order valence-corrected chi connectivity index (χ2v) is 2.46. The van der Waals surface area contributed by atoms with E-state index in [2.05, 4.69) is 5.32 Å². The van der Waals surface area contributed by atoms with Crippen LogP contribution in [0.5, 0.6) is 0 Å². The van der Waals surface area contributed by atoms with E-state index in [4.69, 9.17) is 5.11 Å². The van der Waals surface area contributed by atoms with Gasteiger partial charge in [-0.25, -0.2) is 0 Å². The number of hydrogen-bond donors (Lipinski definition) is 3. The van der Waals surface area contributed by atoms with Gasteiger partial charge in [-0.2, -0.15) is 0 Å². The molecular formula is C6H15ClN2O2. The van der Waals surface area contributed by atoms with Crippen molar-refractivity contribution in [1.82, 2.24) is 5.32 Å². The van der Waals surface area contributed by atoms with Crippen molar-refractivity contribution in [3.8, 4) is 0 Å². The first-order valence-corrected chi connectivity index (χ1v) is 3.33. The van der Waals surface area contributed by atoms with Crippen LogP contribution in [-0.4, -0.2) is 44.8 Å². The second-order valence-electron chi connectivity index (χ2n) is 2.46. The van der Waals surface area contributed by atoms with Crippen molar-refractivity contribution < 1.29 is 27.2 Å². The van der Waals surface area contributed by atoms with Gasteiger partial charge in [-0.05, 0) is 0 Å². The molecule has 0 fully saturated rings. The Labute approximate surface area is 73.0 Å². The molecule has 0 radical (unpaired) electrons. The number of rotatable bonds is 4. The van der Waals surface area contributed by atoms with Gasteiger partial charge in [0.1, 0.15) is 0 Å². The lowest BCUT2D eigenvalue weighted by Crippen LogP contribution is -3.07. The molecule has 0 heterocycles. The summed E-state index contributed by atoms with van der Waals surface area (Å²) < 4.78 is 0. The van der Waals surface area contributed by atoms with Crippen LogP contribution in [0.2, 0.25) is 0 Å². The number of halogens is 1. The van der Waals surface area contributed by atoms with Crippen LogP contribution in [-0.2, 0) is 4.79 Å². The lowest BCUT2D eigenvalue weighted by molar-refractivity contribution is -0.849. The minimum Gasteiger partial charge on any atom is -1.00 e. The van der Waals surface area contributed by atoms with Crippen LogP contribution in [0.3, 0.4) is 0 Å². The van der Waals surface area contributed by atoms with Gasteiger partial charge in [0, 0.05) is 6.54 Å². The van der Waals surface area contributed by atoms with Gasteiger partial charge < -0.3 is 27.7 Å². The molecule has 0 aliphatic heterocycles. The molecule has 0 aromatic rings. The highest BCUT2D eigenvalue weighted by molar-refractivity contribution is 5.76. The number of nitrogens with one attached hydrogen (secondary N) is 2. The Kier molecular flexibility index (Phi) is 9.40. The van der Waals surface area contributed by atoms with Gasteiger partial charge in [0.25, 0.3) is 5.91 Å². The fourth-order valence-corrected chi connectivity index (χ4v) is 0.579. The summed E-state index contributed by atoms with van der Waals surface area (Å²) in [6.07, 6.45) is 0. The van der Waals surface area contributed by atoms with E-state index >= 15 is 0 Å². The molecule has 0 spiro atoms. The van der Waals surface area contributed by atoms with Crippen molar-refractivity contribution >= 4 is 5.91 Å². The van der Waals surface area contributed by atoms with Crippen LogP contribution in [0.1, 0.15) is 0 Å². The standard InChI is InChI=1S/C6H14N2O2.ClH/c1-8(2)5-6(10)7-3-4-9;/h9H,3-5H2,1-2H3,(H,7,10);1H. The Morgan fingerprint density at radius 2 is 2.09 bits per heavy atom. The van der Waals surface area contributed by atoms with Crippen molar-refractivity contribution in [3.05, 3.63) is 0 Å². The first-order valence-electron chi connectivity index (χ1n) is 3.33. The molecular weight excluding hydrogens is 168 g/mol. The smallest absolute Gasteiger partial charge is 0.275 e. The zero-order valence-electron chi connectivity index (χ0n) is 6.85. The lowest BCUT2D eigenvalue weighted by atomic mass is 10.5. The summed E-state index contributed by atoms with van der Waals surface area (Å²) in [6, 6.07) is 0. The predicted molar refractivity (Wildman–Crippen MR) is 37.8 cm³/mol. The number of hydrogen-bond acceptors (Lipinski definition) is 2. The molecule has 0 aromatic heterocycles. The molecule has 0 bridgehead atoms. The normalized spacial score (nSPS) is 9.09. The first kappa shape index (κ1) is 13.3. The predicted octanol–water partition coefficient (Wildman–Crippen LogP) is -5.76. The molecule has 1 amide bonds. The summed E-state index contributed by atoms with van der Waals surface area (Å²) >= 11 is 0. The van der Waals surface area contributed by atoms with Crippen molar-refractivity contribution in [2.45, 2.75) is 0 Å². The summed E-state index contributed by atoms with van der Waals surface area (Å²) in [7, 11) is 3.80. The second kappa shape index (κ2) is 7.78. The van der Waals surface area contributed by atoms with E-state index in [1.807, 2.05) is 14.1 Å². The Bertz CT molecular complexity index is 109. The summed E-state index contributed by atoms with van der Waals surface area (Å²) in [4.78, 5) is 11.8. The van der Waals surface area contributed by atoms with Gasteiger partial charge in [0.2, 0.25) is 0 Å². The molecule has 0 unspecified atom stereocenters. The number of aliphatic hydroxyl groups is 1. The number of quaternary nitrogens is 1. The molecule has 3 N–H and O–H groups in total. The summed E-state index contributed by atoms with van der Waals surface area (Å²) in [5, 5.41) is 10.9. The molecule has 11 heavy (non-hydrogen) atoms. The van der Waals surface area contributed by atoms with Crippen LogP contribution in [0.4, 0.5) is 0 Å². The minimum atomic E-state index is -0.0194. The van der Waals surface area contributed by atoms with Gasteiger partial charge in [0.15, 0.2) is 6.54 Å². The molecule has 0 rings (SSSR count). The van der Waals surface area contributed by atoms with Crippen LogP contribution in [0.15, 0.2) is 0 Å². The third-order valence-electron chi connectivity index (χ3n) is 0.948. The van der Waals surface area contributed by atoms with E-state index in [9.17, 15) is 4.79 Å². The zero-order valence-corrected chi connectivity index (χ0v) is 7.61. The fraction of sp³-hybridized carbons (Fsp3) is 0.833. The Morgan fingerprint density at radius 3 is 2.45 bits per heavy atom.